The van der Waals surface area contributed by atoms with Crippen molar-refractivity contribution in [3.63, 3.8) is 0 Å². The summed E-state index contributed by atoms with van der Waals surface area (Å²) in [6.45, 7) is 1.74. The number of benzene rings is 1. The lowest BCUT2D eigenvalue weighted by Crippen LogP contribution is -2.28. The zero-order valence-corrected chi connectivity index (χ0v) is 16.5. The maximum Gasteiger partial charge on any atom is 0.573 e. The summed E-state index contributed by atoms with van der Waals surface area (Å²) in [7, 11) is 0. The predicted octanol–water partition coefficient (Wildman–Crippen LogP) is 3.11. The van der Waals surface area contributed by atoms with Crippen LogP contribution < -0.4 is 15.6 Å². The summed E-state index contributed by atoms with van der Waals surface area (Å²) in [6.07, 6.45) is -1.44. The molecule has 0 spiro atoms. The van der Waals surface area contributed by atoms with Gasteiger partial charge in [-0.15, -0.1) is 13.2 Å². The van der Waals surface area contributed by atoms with Crippen LogP contribution in [0.2, 0.25) is 0 Å². The van der Waals surface area contributed by atoms with Gasteiger partial charge in [-0.25, -0.2) is 4.52 Å². The highest BCUT2D eigenvalue weighted by atomic mass is 19.4. The van der Waals surface area contributed by atoms with E-state index in [2.05, 4.69) is 30.3 Å². The van der Waals surface area contributed by atoms with Gasteiger partial charge >= 0.3 is 6.36 Å². The molecule has 1 saturated heterocycles. The van der Waals surface area contributed by atoms with Gasteiger partial charge in [-0.2, -0.15) is 10.1 Å². The molecular weight excluding hydrogens is 429 g/mol. The fraction of sp³-hybridized carbons (Fsp3) is 0.300. The van der Waals surface area contributed by atoms with Crippen molar-refractivity contribution < 1.29 is 22.4 Å². The Hall–Kier alpha value is -3.67. The first kappa shape index (κ1) is 20.2. The summed E-state index contributed by atoms with van der Waals surface area (Å²) in [5, 5.41) is 11.6. The van der Waals surface area contributed by atoms with Gasteiger partial charge in [0.1, 0.15) is 17.0 Å². The largest absolute Gasteiger partial charge is 0.573 e. The molecule has 0 unspecified atom stereocenters. The van der Waals surface area contributed by atoms with Crippen LogP contribution in [-0.2, 0) is 0 Å². The van der Waals surface area contributed by atoms with Crippen LogP contribution in [0.3, 0.4) is 0 Å². The zero-order valence-electron chi connectivity index (χ0n) is 16.5. The minimum Gasteiger partial charge on any atom is -0.406 e. The Bertz CT molecular complexity index is 1300. The fourth-order valence-electron chi connectivity index (χ4n) is 3.83. The number of hydrogen-bond acceptors (Lipinski definition) is 7. The standard InChI is InChI=1S/C20H17F3N6O3/c21-20(22,23)31-13-3-1-12(2-4-13)17-27-19(32-28-17)14-10-25-29-15(9-16(30)26-18(14)29)11-5-7-24-8-6-11/h1-4,9-11,24H,5-8H2,(H,26,30). The molecule has 1 aromatic carbocycles. The number of halogens is 3. The van der Waals surface area contributed by atoms with Crippen molar-refractivity contribution in [3.8, 4) is 28.6 Å². The van der Waals surface area contributed by atoms with E-state index in [1.54, 1.807) is 10.6 Å². The van der Waals surface area contributed by atoms with Crippen molar-refractivity contribution >= 4 is 5.65 Å². The molecule has 0 radical (unpaired) electrons. The summed E-state index contributed by atoms with van der Waals surface area (Å²) >= 11 is 0. The van der Waals surface area contributed by atoms with Crippen LogP contribution in [0.25, 0.3) is 28.5 Å². The molecule has 1 aliphatic heterocycles. The Morgan fingerprint density at radius 1 is 1.16 bits per heavy atom. The van der Waals surface area contributed by atoms with Crippen molar-refractivity contribution in [2.75, 3.05) is 13.1 Å². The molecule has 12 heteroatoms. The summed E-state index contributed by atoms with van der Waals surface area (Å²) in [5.74, 6) is 0.151. The van der Waals surface area contributed by atoms with Crippen LogP contribution in [0, 0.1) is 0 Å². The molecule has 1 aliphatic rings. The lowest BCUT2D eigenvalue weighted by molar-refractivity contribution is -0.274. The molecule has 2 N–H and O–H groups in total. The molecule has 0 aliphatic carbocycles. The molecule has 0 atom stereocenters. The second-order valence-electron chi connectivity index (χ2n) is 7.40. The van der Waals surface area contributed by atoms with Crippen LogP contribution in [0.1, 0.15) is 24.5 Å². The second-order valence-corrected chi connectivity index (χ2v) is 7.40. The summed E-state index contributed by atoms with van der Waals surface area (Å²) in [6, 6.07) is 6.67. The lowest BCUT2D eigenvalue weighted by atomic mass is 9.94. The topological polar surface area (TPSA) is 110 Å². The SMILES string of the molecule is O=c1cc(C2CCNCC2)n2ncc(-c3nc(-c4ccc(OC(F)(F)F)cc4)no3)c2[nH]1. The van der Waals surface area contributed by atoms with Crippen molar-refractivity contribution in [2.24, 2.45) is 0 Å². The molecule has 0 amide bonds. The van der Waals surface area contributed by atoms with Crippen LogP contribution in [0.4, 0.5) is 13.2 Å². The van der Waals surface area contributed by atoms with Gasteiger partial charge in [0, 0.05) is 17.5 Å². The van der Waals surface area contributed by atoms with E-state index in [1.165, 1.54) is 18.3 Å². The van der Waals surface area contributed by atoms with E-state index in [0.29, 0.717) is 16.8 Å². The quantitative estimate of drug-likeness (QED) is 0.496. The number of aromatic nitrogens is 5. The molecule has 166 valence electrons. The molecule has 4 heterocycles. The number of H-pyrrole nitrogens is 1. The zero-order chi connectivity index (χ0) is 22.3. The first-order valence-electron chi connectivity index (χ1n) is 9.89. The minimum absolute atomic E-state index is 0.128. The third-order valence-electron chi connectivity index (χ3n) is 5.29. The first-order valence-corrected chi connectivity index (χ1v) is 9.89. The van der Waals surface area contributed by atoms with Crippen molar-refractivity contribution in [1.29, 1.82) is 0 Å². The third kappa shape index (κ3) is 3.96. The van der Waals surface area contributed by atoms with E-state index < -0.39 is 6.36 Å². The molecule has 3 aromatic heterocycles. The molecule has 4 aromatic rings. The van der Waals surface area contributed by atoms with Crippen LogP contribution in [0.5, 0.6) is 5.75 Å². The predicted molar refractivity (Wildman–Crippen MR) is 106 cm³/mol. The normalized spacial score (nSPS) is 15.3. The van der Waals surface area contributed by atoms with Gasteiger partial charge in [-0.1, -0.05) is 5.16 Å². The van der Waals surface area contributed by atoms with Crippen molar-refractivity contribution in [1.82, 2.24) is 30.1 Å². The number of nitrogens with one attached hydrogen (secondary N) is 2. The third-order valence-corrected chi connectivity index (χ3v) is 5.29. The van der Waals surface area contributed by atoms with Crippen LogP contribution >= 0.6 is 0 Å². The fourth-order valence-corrected chi connectivity index (χ4v) is 3.83. The molecule has 0 saturated carbocycles. The van der Waals surface area contributed by atoms with E-state index in [9.17, 15) is 18.0 Å². The average Bonchev–Trinajstić information content (AvgIpc) is 3.40. The molecule has 1 fully saturated rings. The molecule has 9 nitrogen and oxygen atoms in total. The van der Waals surface area contributed by atoms with Crippen molar-refractivity contribution in [3.05, 3.63) is 52.6 Å². The van der Waals surface area contributed by atoms with Gasteiger partial charge in [-0.3, -0.25) is 4.79 Å². The summed E-state index contributed by atoms with van der Waals surface area (Å²) in [4.78, 5) is 19.4. The van der Waals surface area contributed by atoms with E-state index in [4.69, 9.17) is 4.52 Å². The Kier molecular flexibility index (Phi) is 4.93. The number of hydrogen-bond donors (Lipinski definition) is 2. The number of nitrogens with zero attached hydrogens (tertiary/aromatic N) is 4. The van der Waals surface area contributed by atoms with Crippen LogP contribution in [-0.4, -0.2) is 44.2 Å². The molecule has 32 heavy (non-hydrogen) atoms. The highest BCUT2D eigenvalue weighted by molar-refractivity contribution is 5.72. The first-order chi connectivity index (χ1) is 15.4. The van der Waals surface area contributed by atoms with Gasteiger partial charge in [0.2, 0.25) is 5.82 Å². The highest BCUT2D eigenvalue weighted by Crippen LogP contribution is 2.30. The maximum atomic E-state index is 12.3. The number of fused-ring (bicyclic) bond motifs is 1. The molecule has 5 rings (SSSR count). The lowest BCUT2D eigenvalue weighted by Gasteiger charge is -2.23. The monoisotopic (exact) mass is 446 g/mol. The second kappa shape index (κ2) is 7.79. The number of piperidine rings is 1. The minimum atomic E-state index is -4.77. The highest BCUT2D eigenvalue weighted by Gasteiger charge is 2.31. The Labute approximate surface area is 178 Å². The van der Waals surface area contributed by atoms with E-state index in [0.717, 1.165) is 43.8 Å². The molecular formula is C20H17F3N6O3. The number of rotatable bonds is 4. The number of ether oxygens (including phenoxy) is 1. The van der Waals surface area contributed by atoms with Gasteiger partial charge in [0.05, 0.1) is 11.9 Å². The van der Waals surface area contributed by atoms with E-state index in [1.807, 2.05) is 0 Å². The summed E-state index contributed by atoms with van der Waals surface area (Å²) < 4.78 is 47.9. The number of alkyl halides is 3. The Morgan fingerprint density at radius 3 is 2.62 bits per heavy atom. The van der Waals surface area contributed by atoms with E-state index >= 15 is 0 Å². The smallest absolute Gasteiger partial charge is 0.406 e. The van der Waals surface area contributed by atoms with Gasteiger partial charge in [0.15, 0.2) is 0 Å². The Morgan fingerprint density at radius 2 is 1.91 bits per heavy atom. The average molecular weight is 446 g/mol. The van der Waals surface area contributed by atoms with E-state index in [-0.39, 0.29) is 28.9 Å². The van der Waals surface area contributed by atoms with Gasteiger partial charge in [-0.05, 0) is 50.2 Å². The molecule has 0 bridgehead atoms. The van der Waals surface area contributed by atoms with Gasteiger partial charge < -0.3 is 19.6 Å². The summed E-state index contributed by atoms with van der Waals surface area (Å²) in [5.41, 5.74) is 1.89. The van der Waals surface area contributed by atoms with Crippen molar-refractivity contribution in [2.45, 2.75) is 25.1 Å². The maximum absolute atomic E-state index is 12.3. The Balaban J connectivity index is 1.47. The van der Waals surface area contributed by atoms with Crippen LogP contribution in [0.15, 0.2) is 45.8 Å². The number of aromatic amines is 1. The van der Waals surface area contributed by atoms with Gasteiger partial charge in [0.25, 0.3) is 11.4 Å².